The lowest BCUT2D eigenvalue weighted by Crippen LogP contribution is -2.05. The van der Waals surface area contributed by atoms with E-state index < -0.39 is 5.38 Å². The quantitative estimate of drug-likeness (QED) is 0.364. The Kier molecular flexibility index (Phi) is 1.26. The summed E-state index contributed by atoms with van der Waals surface area (Å²) < 4.78 is 4.56. The van der Waals surface area contributed by atoms with Crippen LogP contribution in [0.3, 0.4) is 0 Å². The average molecular weight is 133 g/mol. The predicted molar refractivity (Wildman–Crippen MR) is 29.5 cm³/mol. The van der Waals surface area contributed by atoms with Crippen molar-refractivity contribution in [2.75, 3.05) is 0 Å². The van der Waals surface area contributed by atoms with Gasteiger partial charge in [0.2, 0.25) is 0 Å². The molecule has 1 atom stereocenters. The van der Waals surface area contributed by atoms with Crippen LogP contribution in [0.2, 0.25) is 0 Å². The van der Waals surface area contributed by atoms with Gasteiger partial charge in [-0.3, -0.25) is 0 Å². The molecule has 44 valence electrons. The highest BCUT2D eigenvalue weighted by molar-refractivity contribution is 6.32. The lowest BCUT2D eigenvalue weighted by Gasteiger charge is -1.90. The first kappa shape index (κ1) is 5.63. The largest absolute Gasteiger partial charge is 0.430 e. The van der Waals surface area contributed by atoms with Crippen LogP contribution in [0.15, 0.2) is 11.8 Å². The minimum atomic E-state index is -0.560. The Morgan fingerprint density at radius 1 is 1.88 bits per heavy atom. The van der Waals surface area contributed by atoms with E-state index in [9.17, 15) is 4.79 Å². The summed E-state index contributed by atoms with van der Waals surface area (Å²) in [5.41, 5.74) is 0. The topological polar surface area (TPSA) is 26.3 Å². The predicted octanol–water partition coefficient (Wildman–Crippen LogP) is 1.05. The van der Waals surface area contributed by atoms with Crippen molar-refractivity contribution in [1.82, 2.24) is 0 Å². The number of cyclic esters (lactones) is 1. The molecule has 1 rings (SSSR count). The molecule has 0 bridgehead atoms. The van der Waals surface area contributed by atoms with Gasteiger partial charge in [0.05, 0.1) is 0 Å². The van der Waals surface area contributed by atoms with Gasteiger partial charge >= 0.3 is 5.97 Å². The van der Waals surface area contributed by atoms with Crippen LogP contribution in [-0.2, 0) is 9.53 Å². The Bertz CT molecular complexity index is 151. The number of ether oxygens (including phenoxy) is 1. The van der Waals surface area contributed by atoms with Crippen LogP contribution in [0, 0.1) is 0 Å². The Morgan fingerprint density at radius 2 is 2.50 bits per heavy atom. The lowest BCUT2D eigenvalue weighted by molar-refractivity contribution is -0.136. The zero-order valence-electron chi connectivity index (χ0n) is 4.35. The van der Waals surface area contributed by atoms with Gasteiger partial charge in [0, 0.05) is 0 Å². The number of hydrogen-bond donors (Lipinski definition) is 0. The molecule has 0 aromatic carbocycles. The van der Waals surface area contributed by atoms with Gasteiger partial charge in [-0.15, -0.1) is 11.6 Å². The monoisotopic (exact) mass is 132 g/mol. The zero-order valence-corrected chi connectivity index (χ0v) is 5.11. The highest BCUT2D eigenvalue weighted by Crippen LogP contribution is 2.14. The summed E-state index contributed by atoms with van der Waals surface area (Å²) in [7, 11) is 0. The van der Waals surface area contributed by atoms with Crippen molar-refractivity contribution in [3.8, 4) is 0 Å². The average Bonchev–Trinajstić information content (AvgIpc) is 1.85. The minimum Gasteiger partial charge on any atom is -0.430 e. The third kappa shape index (κ3) is 0.842. The maximum atomic E-state index is 10.4. The molecule has 0 saturated heterocycles. The number of hydrogen-bond acceptors (Lipinski definition) is 2. The maximum Gasteiger partial charge on any atom is 0.333 e. The lowest BCUT2D eigenvalue weighted by atomic mass is 10.4. The van der Waals surface area contributed by atoms with Crippen LogP contribution < -0.4 is 0 Å². The number of rotatable bonds is 0. The summed E-state index contributed by atoms with van der Waals surface area (Å²) in [6, 6.07) is 0. The second-order valence-corrected chi connectivity index (χ2v) is 2.07. The van der Waals surface area contributed by atoms with Gasteiger partial charge in [-0.05, 0) is 13.0 Å². The van der Waals surface area contributed by atoms with E-state index in [-0.39, 0.29) is 5.97 Å². The summed E-state index contributed by atoms with van der Waals surface area (Å²) in [5, 5.41) is -0.560. The third-order valence-electron chi connectivity index (χ3n) is 0.868. The van der Waals surface area contributed by atoms with Crippen molar-refractivity contribution >= 4 is 17.6 Å². The molecule has 0 aromatic heterocycles. The number of carbonyl (C=O) groups is 1. The second-order valence-electron chi connectivity index (χ2n) is 1.60. The molecular weight excluding hydrogens is 128 g/mol. The SMILES string of the molecule is CC1=CC(Cl)C(=O)O1. The molecule has 8 heavy (non-hydrogen) atoms. The molecule has 0 N–H and O–H groups in total. The van der Waals surface area contributed by atoms with E-state index in [1.54, 1.807) is 13.0 Å². The van der Waals surface area contributed by atoms with E-state index >= 15 is 0 Å². The molecule has 0 aliphatic carbocycles. The molecule has 1 aliphatic rings. The van der Waals surface area contributed by atoms with Crippen molar-refractivity contribution < 1.29 is 9.53 Å². The zero-order chi connectivity index (χ0) is 6.15. The fourth-order valence-electron chi connectivity index (χ4n) is 0.523. The maximum absolute atomic E-state index is 10.4. The van der Waals surface area contributed by atoms with Crippen LogP contribution in [0.25, 0.3) is 0 Å². The third-order valence-corrected chi connectivity index (χ3v) is 1.17. The van der Waals surface area contributed by atoms with Crippen LogP contribution >= 0.6 is 11.6 Å². The highest BCUT2D eigenvalue weighted by Gasteiger charge is 2.21. The molecule has 1 unspecified atom stereocenters. The molecule has 1 aliphatic heterocycles. The molecule has 0 amide bonds. The standard InChI is InChI=1S/C5H5ClO2/c1-3-2-4(6)5(7)8-3/h2,4H,1H3. The van der Waals surface area contributed by atoms with Gasteiger partial charge in [-0.25, -0.2) is 4.79 Å². The second kappa shape index (κ2) is 1.78. The molecule has 0 saturated carbocycles. The highest BCUT2D eigenvalue weighted by atomic mass is 35.5. The minimum absolute atomic E-state index is 0.371. The number of alkyl halides is 1. The summed E-state index contributed by atoms with van der Waals surface area (Å²) in [6.45, 7) is 1.69. The van der Waals surface area contributed by atoms with Crippen LogP contribution in [-0.4, -0.2) is 11.3 Å². The Labute approximate surface area is 52.1 Å². The molecule has 3 heteroatoms. The molecule has 0 spiro atoms. The van der Waals surface area contributed by atoms with Gasteiger partial charge < -0.3 is 4.74 Å². The van der Waals surface area contributed by atoms with Crippen molar-refractivity contribution in [2.45, 2.75) is 12.3 Å². The van der Waals surface area contributed by atoms with Crippen LogP contribution in [0.1, 0.15) is 6.92 Å². The summed E-state index contributed by atoms with van der Waals surface area (Å²) in [4.78, 5) is 10.4. The molecule has 0 radical (unpaired) electrons. The fraction of sp³-hybridized carbons (Fsp3) is 0.400. The first-order valence-corrected chi connectivity index (χ1v) is 2.68. The Morgan fingerprint density at radius 3 is 2.62 bits per heavy atom. The number of carbonyl (C=O) groups excluding carboxylic acids is 1. The van der Waals surface area contributed by atoms with Crippen LogP contribution in [0.4, 0.5) is 0 Å². The van der Waals surface area contributed by atoms with Gasteiger partial charge in [0.15, 0.2) is 5.38 Å². The normalized spacial score (nSPS) is 27.5. The van der Waals surface area contributed by atoms with E-state index in [2.05, 4.69) is 4.74 Å². The summed E-state index contributed by atoms with van der Waals surface area (Å²) in [5.74, 6) is 0.221. The van der Waals surface area contributed by atoms with Gasteiger partial charge in [-0.1, -0.05) is 0 Å². The van der Waals surface area contributed by atoms with Crippen LogP contribution in [0.5, 0.6) is 0 Å². The first-order chi connectivity index (χ1) is 3.70. The molecule has 2 nitrogen and oxygen atoms in total. The van der Waals surface area contributed by atoms with E-state index in [0.29, 0.717) is 5.76 Å². The number of esters is 1. The van der Waals surface area contributed by atoms with Crippen molar-refractivity contribution in [3.63, 3.8) is 0 Å². The molecule has 0 fully saturated rings. The summed E-state index contributed by atoms with van der Waals surface area (Å²) in [6.07, 6.45) is 1.57. The Hall–Kier alpha value is -0.500. The molecule has 1 heterocycles. The van der Waals surface area contributed by atoms with E-state index in [0.717, 1.165) is 0 Å². The summed E-state index contributed by atoms with van der Waals surface area (Å²) >= 11 is 5.41. The van der Waals surface area contributed by atoms with Gasteiger partial charge in [-0.2, -0.15) is 0 Å². The first-order valence-electron chi connectivity index (χ1n) is 2.24. The van der Waals surface area contributed by atoms with Gasteiger partial charge in [0.1, 0.15) is 5.76 Å². The van der Waals surface area contributed by atoms with Crippen molar-refractivity contribution in [1.29, 1.82) is 0 Å². The smallest absolute Gasteiger partial charge is 0.333 e. The molecule has 0 aromatic rings. The molecular formula is C5H5ClO2. The van der Waals surface area contributed by atoms with Crippen molar-refractivity contribution in [2.24, 2.45) is 0 Å². The fourth-order valence-corrected chi connectivity index (χ4v) is 0.745. The van der Waals surface area contributed by atoms with E-state index in [4.69, 9.17) is 11.6 Å². The number of allylic oxidation sites excluding steroid dienone is 1. The van der Waals surface area contributed by atoms with E-state index in [1.807, 2.05) is 0 Å². The van der Waals surface area contributed by atoms with E-state index in [1.165, 1.54) is 0 Å². The van der Waals surface area contributed by atoms with Crippen molar-refractivity contribution in [3.05, 3.63) is 11.8 Å². The van der Waals surface area contributed by atoms with Gasteiger partial charge in [0.25, 0.3) is 0 Å². The number of halogens is 1. The Balaban J connectivity index is 2.69.